The van der Waals surface area contributed by atoms with Crippen LogP contribution in [-0.4, -0.2) is 20.8 Å². The largest absolute Gasteiger partial charge is 0.324 e. The topological polar surface area (TPSA) is 98.0 Å². The first-order valence-electron chi connectivity index (χ1n) is 10.2. The van der Waals surface area contributed by atoms with Gasteiger partial charge in [0.05, 0.1) is 43.5 Å². The number of amides is 1. The van der Waals surface area contributed by atoms with Crippen LogP contribution in [0, 0.1) is 15.5 Å². The first kappa shape index (κ1) is 21.1. The van der Waals surface area contributed by atoms with Gasteiger partial charge < -0.3 is 5.32 Å². The predicted molar refractivity (Wildman–Crippen MR) is 123 cm³/mol. The predicted octanol–water partition coefficient (Wildman–Crippen LogP) is 5.81. The van der Waals surface area contributed by atoms with Gasteiger partial charge in [0.15, 0.2) is 0 Å². The van der Waals surface area contributed by atoms with E-state index < -0.39 is 15.8 Å². The van der Waals surface area contributed by atoms with Crippen LogP contribution in [0.1, 0.15) is 45.0 Å². The van der Waals surface area contributed by atoms with Crippen molar-refractivity contribution in [1.29, 1.82) is 0 Å². The van der Waals surface area contributed by atoms with Gasteiger partial charge in [0.2, 0.25) is 5.91 Å². The van der Waals surface area contributed by atoms with Crippen molar-refractivity contribution in [3.05, 3.63) is 67.9 Å². The molecule has 2 aromatic carbocycles. The molecule has 1 aromatic heterocycles. The summed E-state index contributed by atoms with van der Waals surface area (Å²) < 4.78 is 0. The Labute approximate surface area is 194 Å². The fourth-order valence-electron chi connectivity index (χ4n) is 5.53. The quantitative estimate of drug-likeness (QED) is 0.384. The summed E-state index contributed by atoms with van der Waals surface area (Å²) in [6, 6.07) is 9.37. The molecule has 1 fully saturated rings. The highest BCUT2D eigenvalue weighted by Gasteiger charge is 2.73. The molecule has 1 heterocycles. The number of non-ortho nitro benzene ring substituents is 1. The molecule has 1 saturated carbocycles. The zero-order valence-corrected chi connectivity index (χ0v) is 19.2. The summed E-state index contributed by atoms with van der Waals surface area (Å²) in [5.74, 6) is -0.215. The zero-order chi connectivity index (χ0) is 23.1. The van der Waals surface area contributed by atoms with E-state index in [1.807, 2.05) is 0 Å². The Morgan fingerprint density at radius 3 is 2.44 bits per heavy atom. The molecule has 0 saturated heterocycles. The van der Waals surface area contributed by atoms with Crippen LogP contribution in [0.15, 0.2) is 36.4 Å². The second-order valence-electron chi connectivity index (χ2n) is 9.29. The number of carbonyl (C=O) groups is 1. The van der Waals surface area contributed by atoms with Crippen molar-refractivity contribution in [2.45, 2.75) is 44.4 Å². The van der Waals surface area contributed by atoms with Gasteiger partial charge in [0.25, 0.3) is 5.69 Å². The fraction of sp³-hybridized carbons (Fsp3) is 0.348. The van der Waals surface area contributed by atoms with E-state index in [1.54, 1.807) is 24.3 Å². The fourth-order valence-corrected chi connectivity index (χ4v) is 5.98. The van der Waals surface area contributed by atoms with Crippen molar-refractivity contribution in [3.8, 4) is 0 Å². The molecule has 9 heteroatoms. The molecule has 0 spiro atoms. The number of nitrogens with zero attached hydrogens (tertiary/aromatic N) is 3. The molecule has 1 amide bonds. The van der Waals surface area contributed by atoms with Gasteiger partial charge in [-0.25, -0.2) is 9.97 Å². The van der Waals surface area contributed by atoms with E-state index in [4.69, 9.17) is 33.2 Å². The lowest BCUT2D eigenvalue weighted by Gasteiger charge is -2.39. The van der Waals surface area contributed by atoms with Crippen molar-refractivity contribution in [3.63, 3.8) is 0 Å². The van der Waals surface area contributed by atoms with E-state index in [0.29, 0.717) is 38.9 Å². The molecule has 0 radical (unpaired) electrons. The van der Waals surface area contributed by atoms with Gasteiger partial charge in [0.1, 0.15) is 0 Å². The van der Waals surface area contributed by atoms with Gasteiger partial charge in [-0.3, -0.25) is 14.9 Å². The normalized spacial score (nSPS) is 25.0. The number of hydrogen-bond donors (Lipinski definition) is 1. The Bertz CT molecular complexity index is 1340. The number of hydrogen-bond acceptors (Lipinski definition) is 5. The Hall–Kier alpha value is -2.77. The molecule has 2 atom stereocenters. The first-order chi connectivity index (χ1) is 15.0. The van der Waals surface area contributed by atoms with Gasteiger partial charge >= 0.3 is 0 Å². The Balaban J connectivity index is 1.70. The van der Waals surface area contributed by atoms with Crippen LogP contribution >= 0.6 is 23.2 Å². The van der Waals surface area contributed by atoms with E-state index in [9.17, 15) is 14.9 Å². The number of nitro groups is 1. The summed E-state index contributed by atoms with van der Waals surface area (Å²) in [7, 11) is 0. The van der Waals surface area contributed by atoms with Crippen molar-refractivity contribution >= 4 is 51.5 Å². The van der Waals surface area contributed by atoms with Gasteiger partial charge in [-0.2, -0.15) is 0 Å². The summed E-state index contributed by atoms with van der Waals surface area (Å²) >= 11 is 12.3. The average Bonchev–Trinajstić information content (AvgIpc) is 3.03. The summed E-state index contributed by atoms with van der Waals surface area (Å²) in [5.41, 5.74) is 0.952. The molecule has 0 aliphatic heterocycles. The van der Waals surface area contributed by atoms with Crippen molar-refractivity contribution < 1.29 is 9.72 Å². The third-order valence-electron chi connectivity index (χ3n) is 7.80. The number of carbonyl (C=O) groups excluding carboxylic acids is 1. The highest BCUT2D eigenvalue weighted by molar-refractivity contribution is 6.36. The summed E-state index contributed by atoms with van der Waals surface area (Å²) in [6.07, 6.45) is 1.37. The monoisotopic (exact) mass is 470 g/mol. The Morgan fingerprint density at radius 1 is 1.03 bits per heavy atom. The number of halogens is 2. The van der Waals surface area contributed by atoms with Gasteiger partial charge in [-0.1, -0.05) is 44.0 Å². The third kappa shape index (κ3) is 2.52. The smallest absolute Gasteiger partial charge is 0.271 e. The van der Waals surface area contributed by atoms with Gasteiger partial charge in [-0.05, 0) is 42.5 Å². The maximum Gasteiger partial charge on any atom is 0.271 e. The molecular formula is C23H20Cl2N4O3. The number of nitrogens with one attached hydrogen (secondary N) is 1. The molecule has 32 heavy (non-hydrogen) atoms. The molecule has 164 valence electrons. The van der Waals surface area contributed by atoms with Crippen LogP contribution in [0.4, 0.5) is 11.4 Å². The molecule has 2 aliphatic rings. The molecule has 2 unspecified atom stereocenters. The first-order valence-corrected chi connectivity index (χ1v) is 11.0. The van der Waals surface area contributed by atoms with E-state index >= 15 is 0 Å². The van der Waals surface area contributed by atoms with E-state index in [0.717, 1.165) is 12.1 Å². The zero-order valence-electron chi connectivity index (χ0n) is 17.7. The van der Waals surface area contributed by atoms with E-state index in [2.05, 4.69) is 26.1 Å². The number of anilines is 1. The number of fused-ring (bicyclic) bond motifs is 6. The summed E-state index contributed by atoms with van der Waals surface area (Å²) in [5, 5.41) is 15.1. The molecule has 2 aliphatic carbocycles. The lowest BCUT2D eigenvalue weighted by molar-refractivity contribution is -0.384. The highest BCUT2D eigenvalue weighted by atomic mass is 35.5. The van der Waals surface area contributed by atoms with Gasteiger partial charge in [-0.15, -0.1) is 0 Å². The van der Waals surface area contributed by atoms with E-state index in [1.165, 1.54) is 12.1 Å². The van der Waals surface area contributed by atoms with Crippen LogP contribution in [0.2, 0.25) is 10.0 Å². The molecule has 2 bridgehead atoms. The average molecular weight is 471 g/mol. The van der Waals surface area contributed by atoms with Crippen molar-refractivity contribution in [1.82, 2.24) is 9.97 Å². The second kappa shape index (κ2) is 6.62. The standard InChI is InChI=1S/C23H20Cl2N4O3/c1-21(2)22(3)8-9-23(21,20(30)28-15-6-4-12(24)10-14(15)25)19-18(22)26-16-7-5-13(29(31)32)11-17(16)27-19/h4-7,10-11H,8-9H2,1-3H3,(H,28,30). The molecular weight excluding hydrogens is 451 g/mol. The lowest BCUT2D eigenvalue weighted by Crippen LogP contribution is -2.48. The third-order valence-corrected chi connectivity index (χ3v) is 8.35. The number of nitro benzene ring substituents is 1. The van der Waals surface area contributed by atoms with Crippen molar-refractivity contribution in [2.75, 3.05) is 5.32 Å². The minimum atomic E-state index is -0.953. The Morgan fingerprint density at radius 2 is 1.75 bits per heavy atom. The molecule has 1 N–H and O–H groups in total. The summed E-state index contributed by atoms with van der Waals surface area (Å²) in [6.45, 7) is 6.26. The van der Waals surface area contributed by atoms with Gasteiger partial charge in [0, 0.05) is 22.6 Å². The maximum atomic E-state index is 13.9. The number of aromatic nitrogens is 2. The SMILES string of the molecule is CC12CCC(C(=O)Nc3ccc(Cl)cc3Cl)(c3nc4cc([N+](=O)[O-])ccc4nc31)C2(C)C. The number of benzene rings is 2. The molecule has 7 nitrogen and oxygen atoms in total. The lowest BCUT2D eigenvalue weighted by atomic mass is 9.63. The van der Waals surface area contributed by atoms with Crippen molar-refractivity contribution in [2.24, 2.45) is 5.41 Å². The minimum Gasteiger partial charge on any atom is -0.324 e. The highest BCUT2D eigenvalue weighted by Crippen LogP contribution is 2.70. The molecule has 3 aromatic rings. The van der Waals surface area contributed by atoms with Crippen LogP contribution in [-0.2, 0) is 15.6 Å². The Kier molecular flexibility index (Phi) is 4.36. The molecule has 5 rings (SSSR count). The minimum absolute atomic E-state index is 0.0631. The van der Waals surface area contributed by atoms with E-state index in [-0.39, 0.29) is 17.0 Å². The van der Waals surface area contributed by atoms with Crippen LogP contribution in [0.25, 0.3) is 11.0 Å². The second-order valence-corrected chi connectivity index (χ2v) is 10.1. The maximum absolute atomic E-state index is 13.9. The van der Waals surface area contributed by atoms with Crippen LogP contribution < -0.4 is 5.32 Å². The van der Waals surface area contributed by atoms with Crippen LogP contribution in [0.5, 0.6) is 0 Å². The summed E-state index contributed by atoms with van der Waals surface area (Å²) in [4.78, 5) is 34.4. The van der Waals surface area contributed by atoms with Crippen LogP contribution in [0.3, 0.4) is 0 Å². The number of rotatable bonds is 3.